The lowest BCUT2D eigenvalue weighted by atomic mass is 10.1. The number of fused-ring (bicyclic) bond motifs is 3. The van der Waals surface area contributed by atoms with Crippen molar-refractivity contribution in [1.82, 2.24) is 0 Å². The maximum atomic E-state index is 11.7. The molecule has 16 heavy (non-hydrogen) atoms. The molecule has 0 aliphatic carbocycles. The Balaban J connectivity index is 2.38. The minimum atomic E-state index is -0.835. The third-order valence-corrected chi connectivity index (χ3v) is 2.75. The molecule has 0 spiro atoms. The van der Waals surface area contributed by atoms with E-state index in [1.807, 2.05) is 12.1 Å². The topological polar surface area (TPSA) is 59.7 Å². The molecule has 1 aromatic carbocycles. The van der Waals surface area contributed by atoms with Crippen molar-refractivity contribution in [2.75, 3.05) is 0 Å². The average Bonchev–Trinajstić information content (AvgIpc) is 2.29. The molecule has 0 radical (unpaired) electrons. The highest BCUT2D eigenvalue weighted by molar-refractivity contribution is 5.84. The second-order valence-electron chi connectivity index (χ2n) is 3.80. The first-order valence-electron chi connectivity index (χ1n) is 5.15. The zero-order chi connectivity index (χ0) is 11.1. The highest BCUT2D eigenvalue weighted by Crippen LogP contribution is 2.32. The van der Waals surface area contributed by atoms with Gasteiger partial charge in [-0.2, -0.15) is 0 Å². The van der Waals surface area contributed by atoms with Crippen LogP contribution in [0.3, 0.4) is 0 Å². The highest BCUT2D eigenvalue weighted by atomic mass is 16.6. The van der Waals surface area contributed by atoms with Gasteiger partial charge in [-0.15, -0.1) is 0 Å². The molecule has 1 aliphatic rings. The van der Waals surface area contributed by atoms with Gasteiger partial charge < -0.3 is 14.3 Å². The van der Waals surface area contributed by atoms with Crippen LogP contribution in [-0.4, -0.2) is 11.4 Å². The summed E-state index contributed by atoms with van der Waals surface area (Å²) in [4.78, 5) is 11.7. The van der Waals surface area contributed by atoms with Crippen LogP contribution in [0.2, 0.25) is 0 Å². The summed E-state index contributed by atoms with van der Waals surface area (Å²) in [6.07, 6.45) is 0.0810. The minimum Gasteiger partial charge on any atom is -0.464 e. The van der Waals surface area contributed by atoms with E-state index >= 15 is 0 Å². The van der Waals surface area contributed by atoms with E-state index in [4.69, 9.17) is 9.15 Å². The summed E-state index contributed by atoms with van der Waals surface area (Å²) < 4.78 is 10.5. The van der Waals surface area contributed by atoms with Crippen molar-refractivity contribution >= 4 is 11.0 Å². The Bertz CT molecular complexity index is 599. The van der Waals surface area contributed by atoms with Gasteiger partial charge in [0.05, 0.1) is 10.9 Å². The van der Waals surface area contributed by atoms with Gasteiger partial charge in [0.15, 0.2) is 6.29 Å². The lowest BCUT2D eigenvalue weighted by Gasteiger charge is -2.21. The molecule has 2 heterocycles. The van der Waals surface area contributed by atoms with Gasteiger partial charge in [-0.3, -0.25) is 0 Å². The number of ether oxygens (including phenoxy) is 1. The van der Waals surface area contributed by atoms with Crippen LogP contribution < -0.4 is 10.4 Å². The van der Waals surface area contributed by atoms with Crippen LogP contribution in [0.25, 0.3) is 11.0 Å². The molecule has 1 aromatic heterocycles. The second kappa shape index (κ2) is 3.35. The molecule has 0 fully saturated rings. The predicted molar refractivity (Wildman–Crippen MR) is 57.4 cm³/mol. The summed E-state index contributed by atoms with van der Waals surface area (Å²) in [5, 5.41) is 10.2. The highest BCUT2D eigenvalue weighted by Gasteiger charge is 2.23. The normalized spacial score (nSPS) is 19.2. The van der Waals surface area contributed by atoms with Crippen LogP contribution in [0, 0.1) is 0 Å². The Morgan fingerprint density at radius 3 is 3.00 bits per heavy atom. The Labute approximate surface area is 91.1 Å². The number of para-hydroxylation sites is 1. The van der Waals surface area contributed by atoms with Gasteiger partial charge in [-0.25, -0.2) is 4.79 Å². The molecule has 1 unspecified atom stereocenters. The van der Waals surface area contributed by atoms with Crippen molar-refractivity contribution in [2.24, 2.45) is 0 Å². The first-order chi connectivity index (χ1) is 7.75. The fourth-order valence-electron chi connectivity index (χ4n) is 1.97. The van der Waals surface area contributed by atoms with E-state index in [0.717, 1.165) is 5.39 Å². The molecule has 1 aliphatic heterocycles. The van der Waals surface area contributed by atoms with Crippen molar-refractivity contribution in [3.63, 3.8) is 0 Å². The van der Waals surface area contributed by atoms with Crippen LogP contribution in [0.15, 0.2) is 33.5 Å². The summed E-state index contributed by atoms with van der Waals surface area (Å²) in [5.74, 6) is 0.464. The van der Waals surface area contributed by atoms with Gasteiger partial charge in [-0.1, -0.05) is 12.1 Å². The number of hydrogen-bond donors (Lipinski definition) is 1. The van der Waals surface area contributed by atoms with Crippen LogP contribution in [0.5, 0.6) is 5.75 Å². The number of benzene rings is 1. The monoisotopic (exact) mass is 218 g/mol. The zero-order valence-corrected chi connectivity index (χ0v) is 8.47. The largest absolute Gasteiger partial charge is 0.464 e. The standard InChI is InChI=1S/C12H10O4/c13-10-6-5-8-11(16-10)7-3-1-2-4-9(7)15-12(8)14/h1-4,10,13H,5-6H2. The molecule has 4 nitrogen and oxygen atoms in total. The van der Waals surface area contributed by atoms with Crippen molar-refractivity contribution in [1.29, 1.82) is 0 Å². The molecule has 0 saturated carbocycles. The van der Waals surface area contributed by atoms with Crippen LogP contribution in [0.4, 0.5) is 0 Å². The molecule has 0 amide bonds. The Kier molecular flexibility index (Phi) is 1.97. The quantitative estimate of drug-likeness (QED) is 0.679. The van der Waals surface area contributed by atoms with Gasteiger partial charge in [0, 0.05) is 6.42 Å². The first-order valence-corrected chi connectivity index (χ1v) is 5.15. The zero-order valence-electron chi connectivity index (χ0n) is 8.47. The Morgan fingerprint density at radius 1 is 1.31 bits per heavy atom. The molecule has 3 rings (SSSR count). The molecule has 1 atom stereocenters. The van der Waals surface area contributed by atoms with Gasteiger partial charge in [0.2, 0.25) is 0 Å². The third-order valence-electron chi connectivity index (χ3n) is 2.75. The van der Waals surface area contributed by atoms with Gasteiger partial charge in [-0.05, 0) is 18.6 Å². The van der Waals surface area contributed by atoms with Crippen LogP contribution >= 0.6 is 0 Å². The number of hydrogen-bond acceptors (Lipinski definition) is 4. The summed E-state index contributed by atoms with van der Waals surface area (Å²) in [5.41, 5.74) is 0.630. The summed E-state index contributed by atoms with van der Waals surface area (Å²) >= 11 is 0. The molecule has 0 bridgehead atoms. The van der Waals surface area contributed by atoms with E-state index in [-0.39, 0.29) is 5.63 Å². The number of rotatable bonds is 0. The maximum absolute atomic E-state index is 11.7. The van der Waals surface area contributed by atoms with E-state index in [1.165, 1.54) is 0 Å². The Hall–Kier alpha value is -1.81. The average molecular weight is 218 g/mol. The molecular weight excluding hydrogens is 208 g/mol. The molecular formula is C12H10O4. The maximum Gasteiger partial charge on any atom is 0.343 e. The van der Waals surface area contributed by atoms with E-state index in [2.05, 4.69) is 0 Å². The number of aliphatic hydroxyl groups excluding tert-OH is 1. The fraction of sp³-hybridized carbons (Fsp3) is 0.250. The molecule has 0 saturated heterocycles. The van der Waals surface area contributed by atoms with Crippen molar-refractivity contribution < 1.29 is 14.3 Å². The second-order valence-corrected chi connectivity index (χ2v) is 3.80. The van der Waals surface area contributed by atoms with Gasteiger partial charge in [0.1, 0.15) is 11.3 Å². The van der Waals surface area contributed by atoms with Gasteiger partial charge in [0.25, 0.3) is 0 Å². The summed E-state index contributed by atoms with van der Waals surface area (Å²) in [7, 11) is 0. The van der Waals surface area contributed by atoms with E-state index in [0.29, 0.717) is 29.7 Å². The number of aliphatic hydroxyl groups is 1. The minimum absolute atomic E-state index is 0.374. The lowest BCUT2D eigenvalue weighted by molar-refractivity contribution is -0.0311. The van der Waals surface area contributed by atoms with E-state index in [1.54, 1.807) is 12.1 Å². The van der Waals surface area contributed by atoms with E-state index < -0.39 is 6.29 Å². The third kappa shape index (κ3) is 1.31. The summed E-state index contributed by atoms with van der Waals surface area (Å²) in [6.45, 7) is 0. The van der Waals surface area contributed by atoms with Crippen molar-refractivity contribution in [2.45, 2.75) is 19.1 Å². The first kappa shape index (κ1) is 9.42. The van der Waals surface area contributed by atoms with Crippen molar-refractivity contribution in [3.8, 4) is 5.75 Å². The molecule has 2 aromatic rings. The van der Waals surface area contributed by atoms with Gasteiger partial charge >= 0.3 is 5.63 Å². The fourth-order valence-corrected chi connectivity index (χ4v) is 1.97. The molecule has 1 N–H and O–H groups in total. The van der Waals surface area contributed by atoms with Crippen LogP contribution in [0.1, 0.15) is 12.0 Å². The molecule has 4 heteroatoms. The predicted octanol–water partition coefficient (Wildman–Crippen LogP) is 1.44. The summed E-state index contributed by atoms with van der Waals surface area (Å²) in [6, 6.07) is 7.15. The Morgan fingerprint density at radius 2 is 2.12 bits per heavy atom. The lowest BCUT2D eigenvalue weighted by Crippen LogP contribution is -2.25. The van der Waals surface area contributed by atoms with Crippen LogP contribution in [-0.2, 0) is 6.42 Å². The SMILES string of the molecule is O=c1oc2ccccc2c2c1CCC(O)O2. The molecule has 82 valence electrons. The van der Waals surface area contributed by atoms with E-state index in [9.17, 15) is 9.90 Å². The smallest absolute Gasteiger partial charge is 0.343 e. The van der Waals surface area contributed by atoms with Crippen molar-refractivity contribution in [3.05, 3.63) is 40.2 Å².